The third-order valence-electron chi connectivity index (χ3n) is 2.65. The van der Waals surface area contributed by atoms with Crippen molar-refractivity contribution in [2.45, 2.75) is 19.8 Å². The molecule has 2 atom stereocenters. The highest BCUT2D eigenvalue weighted by Crippen LogP contribution is 2.36. The number of hydrogen-bond donors (Lipinski definition) is 0. The highest BCUT2D eigenvalue weighted by molar-refractivity contribution is 5.99. The third kappa shape index (κ3) is 1.85. The first-order valence-electron chi connectivity index (χ1n) is 4.85. The molecule has 0 aromatic carbocycles. The Balaban J connectivity index is 0.00000112. The molecule has 0 spiro atoms. The summed E-state index contributed by atoms with van der Waals surface area (Å²) >= 11 is 0. The normalized spacial score (nSPS) is 31.1. The molecule has 15 heavy (non-hydrogen) atoms. The number of ether oxygens (including phenoxy) is 1. The molecule has 2 unspecified atom stereocenters. The van der Waals surface area contributed by atoms with Gasteiger partial charge in [-0.1, -0.05) is 30.7 Å². The van der Waals surface area contributed by atoms with E-state index in [-0.39, 0.29) is 23.3 Å². The van der Waals surface area contributed by atoms with E-state index in [1.807, 2.05) is 19.1 Å². The predicted octanol–water partition coefficient (Wildman–Crippen LogP) is 0.774. The first kappa shape index (κ1) is 11.7. The fraction of sp³-hybridized carbons (Fsp3) is 0.455. The van der Waals surface area contributed by atoms with E-state index >= 15 is 0 Å². The van der Waals surface area contributed by atoms with E-state index in [1.54, 1.807) is 6.08 Å². The van der Waals surface area contributed by atoms with Gasteiger partial charge in [0.1, 0.15) is 0 Å². The fourth-order valence-electron chi connectivity index (χ4n) is 2.04. The standard InChI is InChI=1S/C11H12O3.H2O/c1-2-4-7-5-3-6-8-9(7)11(13)14-10(8)12;/h3-4,6,8-9H,2,5H2,1H3;1H2. The van der Waals surface area contributed by atoms with Crippen molar-refractivity contribution in [2.75, 3.05) is 0 Å². The second-order valence-corrected chi connectivity index (χ2v) is 3.56. The fourth-order valence-corrected chi connectivity index (χ4v) is 2.04. The van der Waals surface area contributed by atoms with Gasteiger partial charge in [0.2, 0.25) is 0 Å². The van der Waals surface area contributed by atoms with Crippen LogP contribution in [0.3, 0.4) is 0 Å². The minimum absolute atomic E-state index is 0. The molecule has 4 nitrogen and oxygen atoms in total. The SMILES string of the molecule is CCC=C1CC=CC2C(=O)OC(=O)C12.O. The molecule has 0 radical (unpaired) electrons. The lowest BCUT2D eigenvalue weighted by Crippen LogP contribution is -2.20. The van der Waals surface area contributed by atoms with Gasteiger partial charge in [-0.05, 0) is 12.8 Å². The maximum Gasteiger partial charge on any atom is 0.321 e. The van der Waals surface area contributed by atoms with Crippen molar-refractivity contribution < 1.29 is 19.8 Å². The Hall–Kier alpha value is -1.42. The van der Waals surface area contributed by atoms with Crippen LogP contribution < -0.4 is 0 Å². The molecule has 0 aromatic rings. The van der Waals surface area contributed by atoms with E-state index in [2.05, 4.69) is 4.74 Å². The Morgan fingerprint density at radius 1 is 1.47 bits per heavy atom. The number of allylic oxidation sites excluding steroid dienone is 2. The van der Waals surface area contributed by atoms with E-state index in [0.29, 0.717) is 0 Å². The summed E-state index contributed by atoms with van der Waals surface area (Å²) in [4.78, 5) is 22.6. The first-order chi connectivity index (χ1) is 6.74. The second-order valence-electron chi connectivity index (χ2n) is 3.56. The van der Waals surface area contributed by atoms with Crippen LogP contribution in [0.15, 0.2) is 23.8 Å². The lowest BCUT2D eigenvalue weighted by molar-refractivity contribution is -0.153. The molecule has 4 heteroatoms. The van der Waals surface area contributed by atoms with E-state index in [4.69, 9.17) is 0 Å². The van der Waals surface area contributed by atoms with Gasteiger partial charge in [-0.2, -0.15) is 0 Å². The summed E-state index contributed by atoms with van der Waals surface area (Å²) in [6, 6.07) is 0. The summed E-state index contributed by atoms with van der Waals surface area (Å²) in [5.41, 5.74) is 1.02. The van der Waals surface area contributed by atoms with Gasteiger partial charge in [-0.15, -0.1) is 0 Å². The Morgan fingerprint density at radius 3 is 2.87 bits per heavy atom. The van der Waals surface area contributed by atoms with Crippen molar-refractivity contribution in [1.29, 1.82) is 0 Å². The Kier molecular flexibility index (Phi) is 3.42. The molecule has 0 bridgehead atoms. The number of hydrogen-bond acceptors (Lipinski definition) is 3. The molecule has 1 aliphatic heterocycles. The predicted molar refractivity (Wildman–Crippen MR) is 53.8 cm³/mol. The van der Waals surface area contributed by atoms with Crippen LogP contribution in [-0.4, -0.2) is 17.4 Å². The first-order valence-corrected chi connectivity index (χ1v) is 4.85. The summed E-state index contributed by atoms with van der Waals surface area (Å²) in [7, 11) is 0. The molecular weight excluding hydrogens is 196 g/mol. The molecular formula is C11H14O4. The molecule has 1 heterocycles. The topological polar surface area (TPSA) is 74.9 Å². The van der Waals surface area contributed by atoms with Crippen molar-refractivity contribution in [2.24, 2.45) is 11.8 Å². The Morgan fingerprint density at radius 2 is 2.20 bits per heavy atom. The lowest BCUT2D eigenvalue weighted by atomic mass is 9.81. The molecule has 2 rings (SSSR count). The van der Waals surface area contributed by atoms with Gasteiger partial charge in [0, 0.05) is 0 Å². The average molecular weight is 210 g/mol. The molecule has 0 saturated carbocycles. The summed E-state index contributed by atoms with van der Waals surface area (Å²) in [6.45, 7) is 2.02. The minimum atomic E-state index is -0.405. The van der Waals surface area contributed by atoms with Crippen LogP contribution in [0, 0.1) is 11.8 Å². The van der Waals surface area contributed by atoms with Gasteiger partial charge in [-0.3, -0.25) is 9.59 Å². The highest BCUT2D eigenvalue weighted by atomic mass is 16.6. The van der Waals surface area contributed by atoms with Gasteiger partial charge in [-0.25, -0.2) is 0 Å². The number of fused-ring (bicyclic) bond motifs is 1. The van der Waals surface area contributed by atoms with Crippen LogP contribution in [-0.2, 0) is 14.3 Å². The number of rotatable bonds is 1. The number of carbonyl (C=O) groups excluding carboxylic acids is 2. The van der Waals surface area contributed by atoms with Crippen molar-refractivity contribution in [3.05, 3.63) is 23.8 Å². The van der Waals surface area contributed by atoms with Gasteiger partial charge >= 0.3 is 11.9 Å². The van der Waals surface area contributed by atoms with E-state index in [0.717, 1.165) is 18.4 Å². The molecule has 2 aliphatic rings. The average Bonchev–Trinajstić information content (AvgIpc) is 2.44. The van der Waals surface area contributed by atoms with Gasteiger partial charge < -0.3 is 10.2 Å². The van der Waals surface area contributed by atoms with Crippen LogP contribution >= 0.6 is 0 Å². The molecule has 1 aliphatic carbocycles. The third-order valence-corrected chi connectivity index (χ3v) is 2.65. The van der Waals surface area contributed by atoms with Crippen LogP contribution in [0.25, 0.3) is 0 Å². The Bertz CT molecular complexity index is 340. The second kappa shape index (κ2) is 4.40. The van der Waals surface area contributed by atoms with Gasteiger partial charge in [0.15, 0.2) is 0 Å². The highest BCUT2D eigenvalue weighted by Gasteiger charge is 2.45. The van der Waals surface area contributed by atoms with Crippen molar-refractivity contribution in [3.63, 3.8) is 0 Å². The van der Waals surface area contributed by atoms with Crippen LogP contribution in [0.5, 0.6) is 0 Å². The maximum atomic E-state index is 11.4. The van der Waals surface area contributed by atoms with E-state index in [1.165, 1.54) is 0 Å². The molecule has 0 aromatic heterocycles. The van der Waals surface area contributed by atoms with Crippen LogP contribution in [0.2, 0.25) is 0 Å². The molecule has 1 fully saturated rings. The van der Waals surface area contributed by atoms with Gasteiger partial charge in [0.25, 0.3) is 0 Å². The molecule has 0 amide bonds. The zero-order chi connectivity index (χ0) is 10.1. The van der Waals surface area contributed by atoms with Crippen LogP contribution in [0.1, 0.15) is 19.8 Å². The van der Waals surface area contributed by atoms with Gasteiger partial charge in [0.05, 0.1) is 11.8 Å². The van der Waals surface area contributed by atoms with Crippen molar-refractivity contribution in [3.8, 4) is 0 Å². The molecule has 82 valence electrons. The quantitative estimate of drug-likeness (QED) is 0.364. The zero-order valence-electron chi connectivity index (χ0n) is 8.53. The summed E-state index contributed by atoms with van der Waals surface area (Å²) in [5.74, 6) is -1.50. The summed E-state index contributed by atoms with van der Waals surface area (Å²) in [6.07, 6.45) is 7.37. The summed E-state index contributed by atoms with van der Waals surface area (Å²) < 4.78 is 4.61. The van der Waals surface area contributed by atoms with E-state index in [9.17, 15) is 9.59 Å². The lowest BCUT2D eigenvalue weighted by Gasteiger charge is -2.17. The number of esters is 2. The van der Waals surface area contributed by atoms with Crippen molar-refractivity contribution in [1.82, 2.24) is 0 Å². The smallest absolute Gasteiger partial charge is 0.321 e. The Labute approximate surface area is 87.9 Å². The largest absolute Gasteiger partial charge is 0.412 e. The zero-order valence-corrected chi connectivity index (χ0v) is 8.53. The van der Waals surface area contributed by atoms with E-state index < -0.39 is 5.97 Å². The number of carbonyl (C=O) groups is 2. The summed E-state index contributed by atoms with van der Waals surface area (Å²) in [5, 5.41) is 0. The molecule has 2 N–H and O–H groups in total. The maximum absolute atomic E-state index is 11.4. The monoisotopic (exact) mass is 210 g/mol. The number of cyclic esters (lactones) is 2. The van der Waals surface area contributed by atoms with Crippen molar-refractivity contribution >= 4 is 11.9 Å². The minimum Gasteiger partial charge on any atom is -0.412 e. The van der Waals surface area contributed by atoms with Crippen LogP contribution in [0.4, 0.5) is 0 Å². The molecule has 1 saturated heterocycles.